The molecule has 0 aliphatic rings. The molecular formula is C16H21N3O4. The minimum absolute atomic E-state index is 0.236. The number of nitrogens with one attached hydrogen (secondary N) is 2. The Hall–Kier alpha value is -2.54. The van der Waals surface area contributed by atoms with Crippen LogP contribution in [0, 0.1) is 0 Å². The van der Waals surface area contributed by atoms with Crippen molar-refractivity contribution in [2.24, 2.45) is 5.73 Å². The fourth-order valence-corrected chi connectivity index (χ4v) is 1.88. The average Bonchev–Trinajstić information content (AvgIpc) is 2.56. The molecule has 0 radical (unpaired) electrons. The van der Waals surface area contributed by atoms with E-state index >= 15 is 0 Å². The van der Waals surface area contributed by atoms with Crippen LogP contribution in [0.4, 0.5) is 0 Å². The van der Waals surface area contributed by atoms with Gasteiger partial charge in [0.1, 0.15) is 6.04 Å². The van der Waals surface area contributed by atoms with Crippen LogP contribution in [0.2, 0.25) is 0 Å². The van der Waals surface area contributed by atoms with Crippen molar-refractivity contribution in [3.8, 4) is 0 Å². The van der Waals surface area contributed by atoms with Gasteiger partial charge in [0.2, 0.25) is 11.7 Å². The highest BCUT2D eigenvalue weighted by Crippen LogP contribution is 2.13. The summed E-state index contributed by atoms with van der Waals surface area (Å²) in [5.74, 6) is -2.49. The zero-order valence-corrected chi connectivity index (χ0v) is 13.2. The van der Waals surface area contributed by atoms with Crippen LogP contribution in [0.1, 0.15) is 31.9 Å². The molecular weight excluding hydrogens is 298 g/mol. The second-order valence-electron chi connectivity index (χ2n) is 5.08. The van der Waals surface area contributed by atoms with Crippen LogP contribution in [0.25, 0.3) is 0 Å². The third-order valence-electron chi connectivity index (χ3n) is 3.25. The standard InChI is InChI=1S/C16H21N3O4/c1-3-12(17)15(22)16(23)18-9-13(21)19-14(10(2)20)11-7-5-4-6-8-11/h4-8,12,14H,3,9,17H2,1-2H3,(H,18,23)(H,19,21)/t12?,14-/m1/s1. The highest BCUT2D eigenvalue weighted by atomic mass is 16.2. The molecule has 124 valence electrons. The van der Waals surface area contributed by atoms with E-state index < -0.39 is 36.2 Å². The molecule has 23 heavy (non-hydrogen) atoms. The molecule has 7 nitrogen and oxygen atoms in total. The SMILES string of the molecule is CCC(N)C(=O)C(=O)NCC(=O)N[C@H](C(C)=O)c1ccccc1. The summed E-state index contributed by atoms with van der Waals surface area (Å²) in [6, 6.07) is 7.06. The zero-order chi connectivity index (χ0) is 17.4. The average molecular weight is 319 g/mol. The van der Waals surface area contributed by atoms with E-state index in [9.17, 15) is 19.2 Å². The summed E-state index contributed by atoms with van der Waals surface area (Å²) < 4.78 is 0. The number of hydrogen-bond acceptors (Lipinski definition) is 5. The van der Waals surface area contributed by atoms with Crippen molar-refractivity contribution in [2.75, 3.05) is 6.54 Å². The number of nitrogens with two attached hydrogens (primary N) is 1. The van der Waals surface area contributed by atoms with Gasteiger partial charge >= 0.3 is 0 Å². The van der Waals surface area contributed by atoms with E-state index in [0.29, 0.717) is 12.0 Å². The zero-order valence-electron chi connectivity index (χ0n) is 13.2. The summed E-state index contributed by atoms with van der Waals surface area (Å²) in [5, 5.41) is 4.73. The van der Waals surface area contributed by atoms with Gasteiger partial charge in [-0.2, -0.15) is 0 Å². The molecule has 1 unspecified atom stereocenters. The lowest BCUT2D eigenvalue weighted by Gasteiger charge is -2.16. The highest BCUT2D eigenvalue weighted by Gasteiger charge is 2.22. The Balaban J connectivity index is 2.59. The topological polar surface area (TPSA) is 118 Å². The van der Waals surface area contributed by atoms with Crippen LogP contribution >= 0.6 is 0 Å². The van der Waals surface area contributed by atoms with E-state index in [2.05, 4.69) is 10.6 Å². The van der Waals surface area contributed by atoms with E-state index in [-0.39, 0.29) is 5.78 Å². The van der Waals surface area contributed by atoms with Gasteiger partial charge in [-0.25, -0.2) is 0 Å². The molecule has 0 saturated carbocycles. The summed E-state index contributed by atoms with van der Waals surface area (Å²) in [6.45, 7) is 2.64. The van der Waals surface area contributed by atoms with Gasteiger partial charge in [0.15, 0.2) is 5.78 Å². The van der Waals surface area contributed by atoms with Gasteiger partial charge in [0, 0.05) is 0 Å². The van der Waals surface area contributed by atoms with Crippen LogP contribution in [0.15, 0.2) is 30.3 Å². The largest absolute Gasteiger partial charge is 0.341 e. The molecule has 4 N–H and O–H groups in total. The maximum Gasteiger partial charge on any atom is 0.289 e. The molecule has 0 aliphatic heterocycles. The first-order valence-electron chi connectivity index (χ1n) is 7.29. The molecule has 1 aromatic rings. The molecule has 7 heteroatoms. The second-order valence-corrected chi connectivity index (χ2v) is 5.08. The van der Waals surface area contributed by atoms with Gasteiger partial charge in [-0.1, -0.05) is 37.3 Å². The fourth-order valence-electron chi connectivity index (χ4n) is 1.88. The van der Waals surface area contributed by atoms with Crippen LogP contribution < -0.4 is 16.4 Å². The minimum atomic E-state index is -0.909. The smallest absolute Gasteiger partial charge is 0.289 e. The van der Waals surface area contributed by atoms with Gasteiger partial charge in [0.25, 0.3) is 5.91 Å². The van der Waals surface area contributed by atoms with Crippen LogP contribution in [-0.4, -0.2) is 36.0 Å². The van der Waals surface area contributed by atoms with Crippen LogP contribution in [0.5, 0.6) is 0 Å². The number of Topliss-reactive ketones (excluding diaryl/α,β-unsaturated/α-hetero) is 2. The molecule has 0 heterocycles. The third kappa shape index (κ3) is 5.63. The monoisotopic (exact) mass is 319 g/mol. The molecule has 0 fully saturated rings. The minimum Gasteiger partial charge on any atom is -0.341 e. The molecule has 2 amide bonds. The first-order valence-corrected chi connectivity index (χ1v) is 7.29. The van der Waals surface area contributed by atoms with Crippen molar-refractivity contribution in [3.63, 3.8) is 0 Å². The number of benzene rings is 1. The first-order chi connectivity index (χ1) is 10.9. The Morgan fingerprint density at radius 3 is 2.26 bits per heavy atom. The maximum atomic E-state index is 11.9. The lowest BCUT2D eigenvalue weighted by Crippen LogP contribution is -2.46. The predicted octanol–water partition coefficient (Wildman–Crippen LogP) is -0.144. The van der Waals surface area contributed by atoms with Crippen molar-refractivity contribution in [3.05, 3.63) is 35.9 Å². The summed E-state index contributed by atoms with van der Waals surface area (Å²) in [5.41, 5.74) is 6.11. The van der Waals surface area contributed by atoms with E-state index in [1.54, 1.807) is 37.3 Å². The Labute approximate surface area is 134 Å². The third-order valence-corrected chi connectivity index (χ3v) is 3.25. The Morgan fingerprint density at radius 2 is 1.74 bits per heavy atom. The summed E-state index contributed by atoms with van der Waals surface area (Å²) in [6.07, 6.45) is 0.332. The summed E-state index contributed by atoms with van der Waals surface area (Å²) >= 11 is 0. The predicted molar refractivity (Wildman–Crippen MR) is 84.3 cm³/mol. The lowest BCUT2D eigenvalue weighted by molar-refractivity contribution is -0.139. The van der Waals surface area contributed by atoms with Gasteiger partial charge in [-0.05, 0) is 18.9 Å². The quantitative estimate of drug-likeness (QED) is 0.576. The van der Waals surface area contributed by atoms with Gasteiger partial charge in [0.05, 0.1) is 12.6 Å². The first kappa shape index (κ1) is 18.5. The molecule has 0 bridgehead atoms. The highest BCUT2D eigenvalue weighted by molar-refractivity contribution is 6.38. The van der Waals surface area contributed by atoms with Crippen molar-refractivity contribution < 1.29 is 19.2 Å². The molecule has 1 aromatic carbocycles. The summed E-state index contributed by atoms with van der Waals surface area (Å²) in [4.78, 5) is 46.6. The second kappa shape index (κ2) is 8.79. The number of carbonyl (C=O) groups excluding carboxylic acids is 4. The van der Waals surface area contributed by atoms with Gasteiger partial charge in [-0.15, -0.1) is 0 Å². The van der Waals surface area contributed by atoms with Crippen molar-refractivity contribution in [1.29, 1.82) is 0 Å². The Bertz CT molecular complexity index is 586. The van der Waals surface area contributed by atoms with E-state index in [1.165, 1.54) is 6.92 Å². The van der Waals surface area contributed by atoms with E-state index in [1.807, 2.05) is 0 Å². The number of hydrogen-bond donors (Lipinski definition) is 3. The summed E-state index contributed by atoms with van der Waals surface area (Å²) in [7, 11) is 0. The molecule has 0 aromatic heterocycles. The van der Waals surface area contributed by atoms with Gasteiger partial charge < -0.3 is 16.4 Å². The van der Waals surface area contributed by atoms with Crippen molar-refractivity contribution >= 4 is 23.4 Å². The van der Waals surface area contributed by atoms with Crippen molar-refractivity contribution in [2.45, 2.75) is 32.4 Å². The molecule has 2 atom stereocenters. The molecule has 0 spiro atoms. The Kier molecular flexibility index (Phi) is 7.08. The maximum absolute atomic E-state index is 11.9. The van der Waals surface area contributed by atoms with E-state index in [0.717, 1.165) is 0 Å². The van der Waals surface area contributed by atoms with Crippen LogP contribution in [-0.2, 0) is 19.2 Å². The molecule has 0 aliphatic carbocycles. The number of rotatable bonds is 8. The molecule has 0 saturated heterocycles. The van der Waals surface area contributed by atoms with E-state index in [4.69, 9.17) is 5.73 Å². The van der Waals surface area contributed by atoms with Gasteiger partial charge in [-0.3, -0.25) is 19.2 Å². The fraction of sp³-hybridized carbons (Fsp3) is 0.375. The normalized spacial score (nSPS) is 12.8. The van der Waals surface area contributed by atoms with Crippen LogP contribution in [0.3, 0.4) is 0 Å². The number of ketones is 2. The lowest BCUT2D eigenvalue weighted by atomic mass is 10.0. The molecule has 1 rings (SSSR count). The van der Waals surface area contributed by atoms with Crippen molar-refractivity contribution in [1.82, 2.24) is 10.6 Å². The number of carbonyl (C=O) groups is 4. The number of amides is 2. The Morgan fingerprint density at radius 1 is 1.13 bits per heavy atom.